The SMILES string of the molecule is Cc1ccc(S(=O)(=O)NNC(=O)c2ccccc2)cc1Cl. The van der Waals surface area contributed by atoms with Gasteiger partial charge in [0.1, 0.15) is 0 Å². The molecule has 0 spiro atoms. The van der Waals surface area contributed by atoms with E-state index in [1.807, 2.05) is 4.83 Å². The number of benzene rings is 2. The Balaban J connectivity index is 2.11. The van der Waals surface area contributed by atoms with E-state index in [4.69, 9.17) is 11.6 Å². The molecule has 0 aliphatic rings. The highest BCUT2D eigenvalue weighted by Gasteiger charge is 2.16. The zero-order chi connectivity index (χ0) is 15.5. The van der Waals surface area contributed by atoms with E-state index in [1.54, 1.807) is 43.3 Å². The largest absolute Gasteiger partial charge is 0.273 e. The third kappa shape index (κ3) is 3.81. The molecule has 0 bridgehead atoms. The summed E-state index contributed by atoms with van der Waals surface area (Å²) in [6.07, 6.45) is 0. The van der Waals surface area contributed by atoms with Crippen molar-refractivity contribution in [3.05, 3.63) is 64.7 Å². The van der Waals surface area contributed by atoms with Crippen LogP contribution in [0.4, 0.5) is 0 Å². The summed E-state index contributed by atoms with van der Waals surface area (Å²) < 4.78 is 24.1. The minimum Gasteiger partial charge on any atom is -0.273 e. The van der Waals surface area contributed by atoms with E-state index in [2.05, 4.69) is 5.43 Å². The van der Waals surface area contributed by atoms with Crippen LogP contribution in [0.3, 0.4) is 0 Å². The smallest absolute Gasteiger partial charge is 0.266 e. The molecule has 0 saturated carbocycles. The molecular formula is C14H13ClN2O3S. The van der Waals surface area contributed by atoms with Gasteiger partial charge >= 0.3 is 0 Å². The number of rotatable bonds is 4. The molecule has 0 unspecified atom stereocenters. The number of amides is 1. The fourth-order valence-corrected chi connectivity index (χ4v) is 2.69. The maximum atomic E-state index is 12.0. The Morgan fingerprint density at radius 3 is 2.38 bits per heavy atom. The van der Waals surface area contributed by atoms with Crippen LogP contribution in [0.15, 0.2) is 53.4 Å². The van der Waals surface area contributed by atoms with Crippen molar-refractivity contribution in [3.8, 4) is 0 Å². The van der Waals surface area contributed by atoms with E-state index < -0.39 is 15.9 Å². The lowest BCUT2D eigenvalue weighted by atomic mass is 10.2. The van der Waals surface area contributed by atoms with Gasteiger partial charge < -0.3 is 0 Å². The number of carbonyl (C=O) groups excluding carboxylic acids is 1. The Kier molecular flexibility index (Phi) is 4.62. The molecule has 0 fully saturated rings. The maximum absolute atomic E-state index is 12.0. The Morgan fingerprint density at radius 1 is 1.10 bits per heavy atom. The van der Waals surface area contributed by atoms with Gasteiger partial charge in [0.05, 0.1) is 4.90 Å². The fraction of sp³-hybridized carbons (Fsp3) is 0.0714. The van der Waals surface area contributed by atoms with Gasteiger partial charge in [-0.05, 0) is 36.8 Å². The molecule has 0 aromatic heterocycles. The molecule has 7 heteroatoms. The molecule has 21 heavy (non-hydrogen) atoms. The van der Waals surface area contributed by atoms with Crippen molar-refractivity contribution >= 4 is 27.5 Å². The van der Waals surface area contributed by atoms with Crippen molar-refractivity contribution in [1.82, 2.24) is 10.3 Å². The quantitative estimate of drug-likeness (QED) is 0.847. The summed E-state index contributed by atoms with van der Waals surface area (Å²) in [5.41, 5.74) is 3.27. The fourth-order valence-electron chi connectivity index (χ4n) is 1.57. The van der Waals surface area contributed by atoms with Crippen LogP contribution < -0.4 is 10.3 Å². The van der Waals surface area contributed by atoms with Gasteiger partial charge in [-0.2, -0.15) is 0 Å². The lowest BCUT2D eigenvalue weighted by Gasteiger charge is -2.09. The first-order chi connectivity index (χ1) is 9.90. The van der Waals surface area contributed by atoms with Crippen molar-refractivity contribution in [3.63, 3.8) is 0 Å². The number of halogens is 1. The predicted octanol–water partition coefficient (Wildman–Crippen LogP) is 2.27. The van der Waals surface area contributed by atoms with Crippen molar-refractivity contribution < 1.29 is 13.2 Å². The molecule has 2 aromatic rings. The molecule has 0 radical (unpaired) electrons. The second-order valence-electron chi connectivity index (χ2n) is 4.34. The van der Waals surface area contributed by atoms with Gasteiger partial charge in [0, 0.05) is 10.6 Å². The molecule has 1 amide bonds. The first kappa shape index (κ1) is 15.5. The Morgan fingerprint density at radius 2 is 1.76 bits per heavy atom. The number of hydrogen-bond acceptors (Lipinski definition) is 3. The van der Waals surface area contributed by atoms with Crippen molar-refractivity contribution in [2.75, 3.05) is 0 Å². The highest BCUT2D eigenvalue weighted by atomic mass is 35.5. The zero-order valence-electron chi connectivity index (χ0n) is 11.1. The van der Waals surface area contributed by atoms with Crippen LogP contribution in [-0.2, 0) is 10.0 Å². The van der Waals surface area contributed by atoms with Gasteiger partial charge in [-0.1, -0.05) is 35.9 Å². The molecule has 110 valence electrons. The van der Waals surface area contributed by atoms with Crippen molar-refractivity contribution in [2.24, 2.45) is 0 Å². The van der Waals surface area contributed by atoms with Crippen LogP contribution in [0.5, 0.6) is 0 Å². The molecule has 0 heterocycles. The molecule has 2 aromatic carbocycles. The first-order valence-electron chi connectivity index (χ1n) is 6.03. The van der Waals surface area contributed by atoms with E-state index in [0.717, 1.165) is 5.56 Å². The van der Waals surface area contributed by atoms with E-state index >= 15 is 0 Å². The highest BCUT2D eigenvalue weighted by Crippen LogP contribution is 2.19. The monoisotopic (exact) mass is 324 g/mol. The molecular weight excluding hydrogens is 312 g/mol. The Hall–Kier alpha value is -1.89. The van der Waals surface area contributed by atoms with Crippen molar-refractivity contribution in [1.29, 1.82) is 0 Å². The van der Waals surface area contributed by atoms with Crippen LogP contribution in [0.1, 0.15) is 15.9 Å². The third-order valence-corrected chi connectivity index (χ3v) is 4.44. The number of sulfonamides is 1. The van der Waals surface area contributed by atoms with Crippen LogP contribution >= 0.6 is 11.6 Å². The van der Waals surface area contributed by atoms with Gasteiger partial charge in [0.25, 0.3) is 15.9 Å². The maximum Gasteiger partial charge on any atom is 0.266 e. The Labute approximate surface area is 128 Å². The lowest BCUT2D eigenvalue weighted by Crippen LogP contribution is -2.41. The number of aryl methyl sites for hydroxylation is 1. The van der Waals surface area contributed by atoms with Gasteiger partial charge in [-0.25, -0.2) is 8.42 Å². The van der Waals surface area contributed by atoms with Gasteiger partial charge in [0.15, 0.2) is 0 Å². The number of carbonyl (C=O) groups is 1. The summed E-state index contributed by atoms with van der Waals surface area (Å²) in [5, 5.41) is 0.340. The van der Waals surface area contributed by atoms with Gasteiger partial charge in [0.2, 0.25) is 0 Å². The van der Waals surface area contributed by atoms with E-state index in [-0.39, 0.29) is 4.90 Å². The summed E-state index contributed by atoms with van der Waals surface area (Å²) in [6.45, 7) is 1.77. The summed E-state index contributed by atoms with van der Waals surface area (Å²) >= 11 is 5.90. The molecule has 0 atom stereocenters. The summed E-state index contributed by atoms with van der Waals surface area (Å²) in [4.78, 5) is 13.8. The predicted molar refractivity (Wildman–Crippen MR) is 80.4 cm³/mol. The molecule has 2 rings (SSSR count). The minimum absolute atomic E-state index is 0.0218. The van der Waals surface area contributed by atoms with E-state index in [1.165, 1.54) is 12.1 Å². The average molecular weight is 325 g/mol. The molecule has 2 N–H and O–H groups in total. The lowest BCUT2D eigenvalue weighted by molar-refractivity contribution is 0.0945. The standard InChI is InChI=1S/C14H13ClN2O3S/c1-10-7-8-12(9-13(10)15)21(19,20)17-16-14(18)11-5-3-2-4-6-11/h2-9,17H,1H3,(H,16,18). The molecule has 0 aliphatic carbocycles. The van der Waals surface area contributed by atoms with Crippen LogP contribution in [0.25, 0.3) is 0 Å². The topological polar surface area (TPSA) is 75.3 Å². The molecule has 0 aliphatic heterocycles. The second kappa shape index (κ2) is 6.26. The summed E-state index contributed by atoms with van der Waals surface area (Å²) in [6, 6.07) is 12.6. The van der Waals surface area contributed by atoms with Gasteiger partial charge in [-0.3, -0.25) is 10.2 Å². The summed E-state index contributed by atoms with van der Waals surface area (Å²) in [5.74, 6) is -0.544. The second-order valence-corrected chi connectivity index (χ2v) is 6.43. The summed E-state index contributed by atoms with van der Waals surface area (Å²) in [7, 11) is -3.87. The zero-order valence-corrected chi connectivity index (χ0v) is 12.7. The van der Waals surface area contributed by atoms with Crippen molar-refractivity contribution in [2.45, 2.75) is 11.8 Å². The number of hydrogen-bond donors (Lipinski definition) is 2. The van der Waals surface area contributed by atoms with Crippen LogP contribution in [-0.4, -0.2) is 14.3 Å². The molecule has 5 nitrogen and oxygen atoms in total. The van der Waals surface area contributed by atoms with Crippen LogP contribution in [0.2, 0.25) is 5.02 Å². The Bertz CT molecular complexity index is 761. The average Bonchev–Trinajstić information content (AvgIpc) is 2.48. The normalized spacial score (nSPS) is 11.1. The van der Waals surface area contributed by atoms with Crippen LogP contribution in [0, 0.1) is 6.92 Å². The van der Waals surface area contributed by atoms with Gasteiger partial charge in [-0.15, -0.1) is 4.83 Å². The van der Waals surface area contributed by atoms with E-state index in [9.17, 15) is 13.2 Å². The third-order valence-electron chi connectivity index (χ3n) is 2.79. The van der Waals surface area contributed by atoms with E-state index in [0.29, 0.717) is 10.6 Å². The first-order valence-corrected chi connectivity index (χ1v) is 7.89. The highest BCUT2D eigenvalue weighted by molar-refractivity contribution is 7.89. The number of nitrogens with one attached hydrogen (secondary N) is 2. The minimum atomic E-state index is -3.87. The number of hydrazine groups is 1. The molecule has 0 saturated heterocycles.